The van der Waals surface area contributed by atoms with Crippen LogP contribution in [0.2, 0.25) is 0 Å². The largest absolute Gasteiger partial charge is 0.477 e. The molecule has 4 rings (SSSR count). The number of carbonyl (C=O) groups is 1. The number of nitrogens with one attached hydrogen (secondary N) is 1. The first kappa shape index (κ1) is 23.8. The Bertz CT molecular complexity index is 1160. The molecule has 0 radical (unpaired) electrons. The number of piperidine rings is 1. The molecule has 2 aromatic heterocycles. The summed E-state index contributed by atoms with van der Waals surface area (Å²) >= 11 is 0.989. The maximum atomic E-state index is 12.7. The zero-order chi connectivity index (χ0) is 23.9. The van der Waals surface area contributed by atoms with Gasteiger partial charge in [0, 0.05) is 39.3 Å². The van der Waals surface area contributed by atoms with Gasteiger partial charge in [-0.05, 0) is 26.2 Å². The van der Waals surface area contributed by atoms with Crippen LogP contribution in [0.3, 0.4) is 0 Å². The number of aryl methyl sites for hydroxylation is 1. The highest BCUT2D eigenvalue weighted by molar-refractivity contribution is 7.86. The van der Waals surface area contributed by atoms with E-state index in [1.165, 1.54) is 22.7 Å². The smallest absolute Gasteiger partial charge is 0.347 e. The van der Waals surface area contributed by atoms with Crippen molar-refractivity contribution in [1.82, 2.24) is 23.6 Å². The Morgan fingerprint density at radius 1 is 1.18 bits per heavy atom. The number of carboxylic acids is 1. The lowest BCUT2D eigenvalue weighted by atomic mass is 10.0. The van der Waals surface area contributed by atoms with Gasteiger partial charge in [-0.15, -0.1) is 0 Å². The maximum Gasteiger partial charge on any atom is 0.347 e. The van der Waals surface area contributed by atoms with Crippen molar-refractivity contribution in [1.29, 1.82) is 0 Å². The molecule has 180 valence electrons. The van der Waals surface area contributed by atoms with Gasteiger partial charge in [0.15, 0.2) is 5.13 Å². The molecule has 3 N–H and O–H groups in total. The van der Waals surface area contributed by atoms with Crippen molar-refractivity contribution in [2.24, 2.45) is 0 Å². The summed E-state index contributed by atoms with van der Waals surface area (Å²) in [5, 5.41) is 22.6. The summed E-state index contributed by atoms with van der Waals surface area (Å²) < 4.78 is 27.9. The Morgan fingerprint density at radius 3 is 2.48 bits per heavy atom. The zero-order valence-corrected chi connectivity index (χ0v) is 20.3. The molecule has 0 amide bonds. The van der Waals surface area contributed by atoms with Crippen molar-refractivity contribution in [3.63, 3.8) is 0 Å². The van der Waals surface area contributed by atoms with E-state index >= 15 is 0 Å². The monoisotopic (exact) mass is 497 g/mol. The number of nitrogens with zero attached hydrogens (tertiary/aromatic N) is 6. The number of fused-ring (bicyclic) bond motifs is 1. The third kappa shape index (κ3) is 4.80. The standard InChI is InChI=1S/C19H27N7O5S2/c1-11-15(17(28)29)32-19(20-11)23-18-21-14-10-26(33(30,31)24(2)3)9-6-13(14)16(22-18)25-7-4-12(27)5-8-25/h12,27H,4-10H2,1-3H3,(H,28,29)(H,20,21,22,23). The van der Waals surface area contributed by atoms with Crippen LogP contribution in [0, 0.1) is 6.92 Å². The van der Waals surface area contributed by atoms with Gasteiger partial charge in [0.1, 0.15) is 10.7 Å². The average molecular weight is 498 g/mol. The molecule has 2 aromatic rings. The van der Waals surface area contributed by atoms with Gasteiger partial charge in [0.05, 0.1) is 24.0 Å². The maximum absolute atomic E-state index is 12.7. The van der Waals surface area contributed by atoms with Crippen LogP contribution >= 0.6 is 11.3 Å². The topological polar surface area (TPSA) is 152 Å². The number of aliphatic hydroxyl groups excluding tert-OH is 1. The van der Waals surface area contributed by atoms with Crippen molar-refractivity contribution < 1.29 is 23.4 Å². The first-order chi connectivity index (χ1) is 15.6. The Kier molecular flexibility index (Phi) is 6.55. The number of aliphatic hydroxyl groups is 1. The second kappa shape index (κ2) is 9.10. The summed E-state index contributed by atoms with van der Waals surface area (Å²) in [7, 11) is -0.621. The summed E-state index contributed by atoms with van der Waals surface area (Å²) in [5.74, 6) is -0.116. The van der Waals surface area contributed by atoms with E-state index < -0.39 is 16.2 Å². The predicted molar refractivity (Wildman–Crippen MR) is 123 cm³/mol. The summed E-state index contributed by atoms with van der Waals surface area (Å²) in [6.07, 6.45) is 1.37. The van der Waals surface area contributed by atoms with E-state index in [0.29, 0.717) is 61.2 Å². The number of thiazole rings is 1. The van der Waals surface area contributed by atoms with Crippen LogP contribution in [0.5, 0.6) is 0 Å². The molecular formula is C19H27N7O5S2. The van der Waals surface area contributed by atoms with Crippen LogP contribution in [-0.4, -0.2) is 88.0 Å². The van der Waals surface area contributed by atoms with E-state index in [0.717, 1.165) is 16.9 Å². The van der Waals surface area contributed by atoms with Crippen molar-refractivity contribution in [2.75, 3.05) is 43.9 Å². The summed E-state index contributed by atoms with van der Waals surface area (Å²) in [6, 6.07) is 0. The van der Waals surface area contributed by atoms with Crippen molar-refractivity contribution >= 4 is 44.4 Å². The number of aromatic carboxylic acids is 1. The van der Waals surface area contributed by atoms with Gasteiger partial charge in [-0.2, -0.15) is 22.0 Å². The molecule has 2 aliphatic rings. The molecule has 0 atom stereocenters. The van der Waals surface area contributed by atoms with Crippen molar-refractivity contribution in [3.8, 4) is 0 Å². The molecule has 0 aromatic carbocycles. The molecule has 0 aliphatic carbocycles. The molecule has 12 nitrogen and oxygen atoms in total. The molecule has 4 heterocycles. The predicted octanol–water partition coefficient (Wildman–Crippen LogP) is 0.809. The normalized spacial score (nSPS) is 17.9. The van der Waals surface area contributed by atoms with Gasteiger partial charge in [-0.1, -0.05) is 11.3 Å². The quantitative estimate of drug-likeness (QED) is 0.523. The fraction of sp³-hybridized carbons (Fsp3) is 0.579. The van der Waals surface area contributed by atoms with Crippen LogP contribution in [0.1, 0.15) is 39.5 Å². The SMILES string of the molecule is Cc1nc(Nc2nc3c(c(N4CCC(O)CC4)n2)CCN(S(=O)(=O)N(C)C)C3)sc1C(=O)O. The Balaban J connectivity index is 1.71. The Labute approximate surface area is 196 Å². The van der Waals surface area contributed by atoms with Gasteiger partial charge in [0.2, 0.25) is 5.95 Å². The number of rotatable bonds is 6. The fourth-order valence-electron chi connectivity index (χ4n) is 3.95. The van der Waals surface area contributed by atoms with Crippen LogP contribution in [0.15, 0.2) is 0 Å². The fourth-order valence-corrected chi connectivity index (χ4v) is 5.82. The van der Waals surface area contributed by atoms with Crippen LogP contribution in [-0.2, 0) is 23.2 Å². The van der Waals surface area contributed by atoms with E-state index in [1.54, 1.807) is 6.92 Å². The summed E-state index contributed by atoms with van der Waals surface area (Å²) in [6.45, 7) is 3.30. The molecule has 1 saturated heterocycles. The molecule has 0 saturated carbocycles. The molecule has 0 unspecified atom stereocenters. The Morgan fingerprint density at radius 2 is 1.88 bits per heavy atom. The lowest BCUT2D eigenvalue weighted by molar-refractivity contribution is 0.0701. The minimum absolute atomic E-state index is 0.105. The van der Waals surface area contributed by atoms with E-state index in [4.69, 9.17) is 4.98 Å². The van der Waals surface area contributed by atoms with E-state index in [1.807, 2.05) is 0 Å². The van der Waals surface area contributed by atoms with Crippen molar-refractivity contribution in [2.45, 2.75) is 38.8 Å². The van der Waals surface area contributed by atoms with Gasteiger partial charge >= 0.3 is 5.97 Å². The second-order valence-corrected chi connectivity index (χ2v) is 11.4. The van der Waals surface area contributed by atoms with E-state index in [2.05, 4.69) is 20.2 Å². The third-order valence-electron chi connectivity index (χ3n) is 5.77. The number of anilines is 3. The van der Waals surface area contributed by atoms with Gasteiger partial charge in [-0.25, -0.2) is 14.8 Å². The van der Waals surface area contributed by atoms with Crippen LogP contribution in [0.25, 0.3) is 0 Å². The van der Waals surface area contributed by atoms with Crippen molar-refractivity contribution in [3.05, 3.63) is 21.8 Å². The minimum atomic E-state index is -3.61. The first-order valence-electron chi connectivity index (χ1n) is 10.5. The van der Waals surface area contributed by atoms with E-state index in [9.17, 15) is 23.4 Å². The lowest BCUT2D eigenvalue weighted by Gasteiger charge is -2.35. The highest BCUT2D eigenvalue weighted by Crippen LogP contribution is 2.32. The zero-order valence-electron chi connectivity index (χ0n) is 18.6. The highest BCUT2D eigenvalue weighted by atomic mass is 32.2. The van der Waals surface area contributed by atoms with Crippen LogP contribution in [0.4, 0.5) is 16.9 Å². The molecule has 2 aliphatic heterocycles. The number of hydrogen-bond donors (Lipinski definition) is 3. The van der Waals surface area contributed by atoms with Gasteiger partial charge in [0.25, 0.3) is 10.2 Å². The molecule has 14 heteroatoms. The highest BCUT2D eigenvalue weighted by Gasteiger charge is 2.33. The molecule has 1 fully saturated rings. The lowest BCUT2D eigenvalue weighted by Crippen LogP contribution is -2.44. The molecule has 33 heavy (non-hydrogen) atoms. The molecular weight excluding hydrogens is 470 g/mol. The van der Waals surface area contributed by atoms with Crippen LogP contribution < -0.4 is 10.2 Å². The summed E-state index contributed by atoms with van der Waals surface area (Å²) in [5.41, 5.74) is 1.88. The van der Waals surface area contributed by atoms with Gasteiger partial charge < -0.3 is 15.1 Å². The molecule has 0 spiro atoms. The molecule has 0 bridgehead atoms. The number of hydrogen-bond acceptors (Lipinski definition) is 10. The number of aromatic nitrogens is 3. The first-order valence-corrected chi connectivity index (χ1v) is 12.8. The number of carboxylic acid groups (broad SMARTS) is 1. The summed E-state index contributed by atoms with van der Waals surface area (Å²) in [4.78, 5) is 27.1. The minimum Gasteiger partial charge on any atom is -0.477 e. The second-order valence-electron chi connectivity index (χ2n) is 8.25. The third-order valence-corrected chi connectivity index (χ3v) is 8.72. The van der Waals surface area contributed by atoms with Gasteiger partial charge in [-0.3, -0.25) is 5.32 Å². The van der Waals surface area contributed by atoms with E-state index in [-0.39, 0.29) is 23.5 Å². The average Bonchev–Trinajstić information content (AvgIpc) is 3.13. The Hall–Kier alpha value is -2.39.